The molecule has 0 saturated carbocycles. The Morgan fingerprint density at radius 2 is 2.23 bits per heavy atom. The lowest BCUT2D eigenvalue weighted by Crippen LogP contribution is -2.38. The molecule has 2 aliphatic heterocycles. The van der Waals surface area contributed by atoms with E-state index in [0.29, 0.717) is 18.6 Å². The number of amides is 1. The minimum Gasteiger partial charge on any atom is -0.334 e. The van der Waals surface area contributed by atoms with E-state index in [9.17, 15) is 9.59 Å². The Balaban J connectivity index is 1.45. The van der Waals surface area contributed by atoms with Crippen LogP contribution in [0.5, 0.6) is 0 Å². The number of thiophene rings is 1. The second-order valence-electron chi connectivity index (χ2n) is 8.69. The second-order valence-corrected chi connectivity index (χ2v) is 9.47. The summed E-state index contributed by atoms with van der Waals surface area (Å²) in [5, 5.41) is 7.56. The van der Waals surface area contributed by atoms with Crippen LogP contribution in [0.2, 0.25) is 0 Å². The SMILES string of the molecule is CCCC(=O)N1CCCC[C@@H]1c1cc2nc3c(c(=O)n2[nH]1)CN(Cc1ccsc1)CC3. The smallest absolute Gasteiger partial charge is 0.277 e. The van der Waals surface area contributed by atoms with Crippen LogP contribution in [-0.2, 0) is 24.3 Å². The van der Waals surface area contributed by atoms with Gasteiger partial charge in [0.2, 0.25) is 5.91 Å². The number of rotatable bonds is 5. The van der Waals surface area contributed by atoms with E-state index in [4.69, 9.17) is 4.98 Å². The predicted octanol–water partition coefficient (Wildman–Crippen LogP) is 3.50. The Hall–Kier alpha value is -2.45. The van der Waals surface area contributed by atoms with Crippen molar-refractivity contribution in [3.05, 3.63) is 55.8 Å². The van der Waals surface area contributed by atoms with Gasteiger partial charge >= 0.3 is 0 Å². The van der Waals surface area contributed by atoms with E-state index in [-0.39, 0.29) is 17.5 Å². The van der Waals surface area contributed by atoms with E-state index in [0.717, 1.165) is 68.7 Å². The van der Waals surface area contributed by atoms with Crippen molar-refractivity contribution in [2.24, 2.45) is 0 Å². The highest BCUT2D eigenvalue weighted by Gasteiger charge is 2.30. The molecule has 5 rings (SSSR count). The van der Waals surface area contributed by atoms with Crippen molar-refractivity contribution in [3.63, 3.8) is 0 Å². The number of fused-ring (bicyclic) bond motifs is 2. The summed E-state index contributed by atoms with van der Waals surface area (Å²) in [5.41, 5.74) is 4.57. The minimum atomic E-state index is -0.0106. The first-order valence-electron chi connectivity index (χ1n) is 11.3. The van der Waals surface area contributed by atoms with Gasteiger partial charge in [0.1, 0.15) is 0 Å². The van der Waals surface area contributed by atoms with E-state index < -0.39 is 0 Å². The van der Waals surface area contributed by atoms with Crippen LogP contribution < -0.4 is 5.56 Å². The standard InChI is InChI=1S/C23H29N5O2S/c1-2-5-22(29)27-9-4-3-6-20(27)19-12-21-24-18-7-10-26(13-16-8-11-31-15-16)14-17(18)23(30)28(21)25-19/h8,11-12,15,20,25H,2-7,9-10,13-14H2,1H3/t20-/m1/s1. The van der Waals surface area contributed by atoms with Gasteiger partial charge in [0.15, 0.2) is 5.65 Å². The summed E-state index contributed by atoms with van der Waals surface area (Å²) in [6, 6.07) is 4.12. The molecule has 31 heavy (non-hydrogen) atoms. The number of aromatic nitrogens is 3. The summed E-state index contributed by atoms with van der Waals surface area (Å²) in [6.45, 7) is 5.21. The number of nitrogens with zero attached hydrogens (tertiary/aromatic N) is 4. The first-order chi connectivity index (χ1) is 15.1. The van der Waals surface area contributed by atoms with Crippen molar-refractivity contribution in [1.82, 2.24) is 24.4 Å². The van der Waals surface area contributed by atoms with Gasteiger partial charge in [0, 0.05) is 45.1 Å². The fourth-order valence-electron chi connectivity index (χ4n) is 4.91. The van der Waals surface area contributed by atoms with Gasteiger partial charge in [-0.15, -0.1) is 0 Å². The number of carbonyl (C=O) groups excluding carboxylic acids is 1. The Morgan fingerprint density at radius 1 is 1.32 bits per heavy atom. The molecule has 1 N–H and O–H groups in total. The third-order valence-corrected chi connectivity index (χ3v) is 7.22. The Morgan fingerprint density at radius 3 is 3.03 bits per heavy atom. The van der Waals surface area contributed by atoms with Gasteiger partial charge in [-0.2, -0.15) is 11.3 Å². The van der Waals surface area contributed by atoms with Crippen molar-refractivity contribution in [2.75, 3.05) is 13.1 Å². The molecule has 0 unspecified atom stereocenters. The van der Waals surface area contributed by atoms with Gasteiger partial charge in [0.25, 0.3) is 5.56 Å². The molecule has 1 amide bonds. The summed E-state index contributed by atoms with van der Waals surface area (Å²) in [6.07, 6.45) is 5.26. The first kappa shape index (κ1) is 20.5. The largest absolute Gasteiger partial charge is 0.334 e. The molecule has 1 atom stereocenters. The van der Waals surface area contributed by atoms with E-state index >= 15 is 0 Å². The Labute approximate surface area is 185 Å². The molecular formula is C23H29N5O2S. The van der Waals surface area contributed by atoms with Gasteiger partial charge in [-0.05, 0) is 48.1 Å². The van der Waals surface area contributed by atoms with Crippen molar-refractivity contribution in [3.8, 4) is 0 Å². The van der Waals surface area contributed by atoms with Crippen molar-refractivity contribution >= 4 is 22.9 Å². The average molecular weight is 440 g/mol. The lowest BCUT2D eigenvalue weighted by atomic mass is 9.98. The maximum atomic E-state index is 13.3. The highest BCUT2D eigenvalue weighted by molar-refractivity contribution is 7.07. The molecule has 0 aromatic carbocycles. The van der Waals surface area contributed by atoms with E-state index in [1.165, 1.54) is 5.56 Å². The topological polar surface area (TPSA) is 73.7 Å². The molecule has 8 heteroatoms. The van der Waals surface area contributed by atoms with Crippen LogP contribution in [0.25, 0.3) is 5.65 Å². The number of aromatic amines is 1. The van der Waals surface area contributed by atoms with Crippen molar-refractivity contribution < 1.29 is 4.79 Å². The normalized spacial score (nSPS) is 19.6. The maximum absolute atomic E-state index is 13.3. The molecule has 0 spiro atoms. The summed E-state index contributed by atoms with van der Waals surface area (Å²) in [7, 11) is 0. The number of hydrogen-bond acceptors (Lipinski definition) is 5. The summed E-state index contributed by atoms with van der Waals surface area (Å²) >= 11 is 1.70. The van der Waals surface area contributed by atoms with Crippen LogP contribution in [0.1, 0.15) is 67.6 Å². The molecule has 7 nitrogen and oxygen atoms in total. The van der Waals surface area contributed by atoms with Crippen LogP contribution in [0.3, 0.4) is 0 Å². The zero-order chi connectivity index (χ0) is 21.4. The van der Waals surface area contributed by atoms with E-state index in [1.807, 2.05) is 17.9 Å². The molecule has 2 aliphatic rings. The van der Waals surface area contributed by atoms with Gasteiger partial charge in [0.05, 0.1) is 23.0 Å². The predicted molar refractivity (Wildman–Crippen MR) is 121 cm³/mol. The number of H-pyrrole nitrogens is 1. The van der Waals surface area contributed by atoms with E-state index in [1.54, 1.807) is 15.9 Å². The number of piperidine rings is 1. The van der Waals surface area contributed by atoms with Crippen molar-refractivity contribution in [2.45, 2.75) is 64.6 Å². The second kappa shape index (κ2) is 8.59. The number of hydrogen-bond donors (Lipinski definition) is 1. The average Bonchev–Trinajstić information content (AvgIpc) is 3.44. The molecule has 3 aromatic rings. The quantitative estimate of drug-likeness (QED) is 0.660. The molecule has 164 valence electrons. The highest BCUT2D eigenvalue weighted by atomic mass is 32.1. The monoisotopic (exact) mass is 439 g/mol. The van der Waals surface area contributed by atoms with Crippen LogP contribution in [0.4, 0.5) is 0 Å². The molecule has 0 radical (unpaired) electrons. The Bertz CT molecular complexity index is 1130. The van der Waals surface area contributed by atoms with Crippen LogP contribution in [0, 0.1) is 0 Å². The first-order valence-corrected chi connectivity index (χ1v) is 12.2. The summed E-state index contributed by atoms with van der Waals surface area (Å²) < 4.78 is 1.58. The zero-order valence-corrected chi connectivity index (χ0v) is 18.8. The minimum absolute atomic E-state index is 0.000942. The fraction of sp³-hybridized carbons (Fsp3) is 0.522. The van der Waals surface area contributed by atoms with Crippen molar-refractivity contribution in [1.29, 1.82) is 0 Å². The fourth-order valence-corrected chi connectivity index (χ4v) is 5.57. The van der Waals surface area contributed by atoms with Crippen LogP contribution in [0.15, 0.2) is 27.7 Å². The lowest BCUT2D eigenvalue weighted by molar-refractivity contribution is -0.135. The van der Waals surface area contributed by atoms with E-state index in [2.05, 4.69) is 26.8 Å². The maximum Gasteiger partial charge on any atom is 0.277 e. The summed E-state index contributed by atoms with van der Waals surface area (Å²) in [4.78, 5) is 35.1. The molecule has 3 aromatic heterocycles. The van der Waals surface area contributed by atoms with Gasteiger partial charge in [-0.25, -0.2) is 9.50 Å². The molecule has 0 aliphatic carbocycles. The van der Waals surface area contributed by atoms with Crippen LogP contribution >= 0.6 is 11.3 Å². The molecule has 1 fully saturated rings. The summed E-state index contributed by atoms with van der Waals surface area (Å²) in [5.74, 6) is 0.203. The van der Waals surface area contributed by atoms with Gasteiger partial charge in [-0.3, -0.25) is 19.6 Å². The molecule has 5 heterocycles. The molecule has 1 saturated heterocycles. The van der Waals surface area contributed by atoms with Gasteiger partial charge in [-0.1, -0.05) is 6.92 Å². The third-order valence-electron chi connectivity index (χ3n) is 6.49. The third kappa shape index (κ3) is 3.94. The number of nitrogens with one attached hydrogen (secondary N) is 1. The molecular weight excluding hydrogens is 410 g/mol. The lowest BCUT2D eigenvalue weighted by Gasteiger charge is -2.35. The molecule has 0 bridgehead atoms. The highest BCUT2D eigenvalue weighted by Crippen LogP contribution is 2.31. The number of carbonyl (C=O) groups is 1. The number of likely N-dealkylation sites (tertiary alicyclic amines) is 1. The zero-order valence-electron chi connectivity index (χ0n) is 18.0. The van der Waals surface area contributed by atoms with Crippen LogP contribution in [-0.4, -0.2) is 43.4 Å². The Kier molecular flexibility index (Phi) is 5.67. The van der Waals surface area contributed by atoms with Gasteiger partial charge < -0.3 is 4.90 Å².